The number of aromatic nitrogens is 3. The molecule has 0 spiro atoms. The second-order valence-corrected chi connectivity index (χ2v) is 9.48. The summed E-state index contributed by atoms with van der Waals surface area (Å²) in [6, 6.07) is 6.96. The van der Waals surface area contributed by atoms with Gasteiger partial charge in [-0.25, -0.2) is 19.8 Å². The van der Waals surface area contributed by atoms with Crippen LogP contribution in [0.2, 0.25) is 0 Å². The first-order chi connectivity index (χ1) is 11.1. The van der Waals surface area contributed by atoms with Gasteiger partial charge in [0.25, 0.3) is 0 Å². The van der Waals surface area contributed by atoms with Gasteiger partial charge in [0, 0.05) is 10.5 Å². The van der Waals surface area contributed by atoms with E-state index in [9.17, 15) is 0 Å². The molecule has 0 fully saturated rings. The van der Waals surface area contributed by atoms with Crippen molar-refractivity contribution in [2.45, 2.75) is 12.5 Å². The fourth-order valence-electron chi connectivity index (χ4n) is 1.49. The summed E-state index contributed by atoms with van der Waals surface area (Å²) >= 11 is 36.1. The first-order valence-electron chi connectivity index (χ1n) is 5.99. The van der Waals surface area contributed by atoms with Gasteiger partial charge in [0.15, 0.2) is 17.5 Å². The Morgan fingerprint density at radius 1 is 0.833 bits per heavy atom. The molecule has 2 aromatic rings. The third-order valence-corrected chi connectivity index (χ3v) is 4.14. The third-order valence-electron chi connectivity index (χ3n) is 2.45. The van der Waals surface area contributed by atoms with E-state index >= 15 is 0 Å². The molecule has 0 aliphatic carbocycles. The fourth-order valence-corrected chi connectivity index (χ4v) is 2.39. The van der Waals surface area contributed by atoms with Crippen LogP contribution in [0.15, 0.2) is 29.2 Å². The molecule has 130 valence electrons. The van der Waals surface area contributed by atoms with E-state index in [4.69, 9.17) is 73.9 Å². The Morgan fingerprint density at radius 2 is 1.33 bits per heavy atom. The number of benzene rings is 1. The van der Waals surface area contributed by atoms with Crippen molar-refractivity contribution in [3.63, 3.8) is 0 Å². The molecule has 0 aliphatic rings. The fraction of sp³-hybridized carbons (Fsp3) is 0.250. The van der Waals surface area contributed by atoms with E-state index in [0.29, 0.717) is 5.56 Å². The maximum absolute atomic E-state index is 5.84. The van der Waals surface area contributed by atoms with E-state index in [1.807, 2.05) is 0 Å². The molecule has 0 N–H and O–H groups in total. The van der Waals surface area contributed by atoms with Crippen molar-refractivity contribution in [2.75, 3.05) is 7.11 Å². The minimum atomic E-state index is -1.90. The van der Waals surface area contributed by atoms with Crippen LogP contribution in [0.5, 0.6) is 0 Å². The quantitative estimate of drug-likeness (QED) is 0.245. The molecule has 1 aromatic heterocycles. The molecule has 0 radical (unpaired) electrons. The zero-order valence-corrected chi connectivity index (χ0v) is 17.0. The van der Waals surface area contributed by atoms with Gasteiger partial charge < -0.3 is 0 Å². The highest BCUT2D eigenvalue weighted by atomic mass is 35.6. The molecule has 5 nitrogen and oxygen atoms in total. The van der Waals surface area contributed by atoms with E-state index in [2.05, 4.69) is 19.8 Å². The molecule has 0 bridgehead atoms. The Kier molecular flexibility index (Phi) is 7.10. The summed E-state index contributed by atoms with van der Waals surface area (Å²) in [5, 5.41) is 0. The Labute approximate surface area is 172 Å². The Balaban J connectivity index is 2.45. The lowest BCUT2D eigenvalue weighted by molar-refractivity contribution is -0.160. The van der Waals surface area contributed by atoms with Crippen molar-refractivity contribution in [1.82, 2.24) is 15.0 Å². The monoisotopic (exact) mass is 467 g/mol. The highest BCUT2D eigenvalue weighted by Gasteiger charge is 2.33. The van der Waals surface area contributed by atoms with E-state index in [-0.39, 0.29) is 17.5 Å². The van der Waals surface area contributed by atoms with E-state index in [1.165, 1.54) is 7.11 Å². The molecule has 24 heavy (non-hydrogen) atoms. The Hall–Kier alpha value is 0.240. The van der Waals surface area contributed by atoms with Crippen molar-refractivity contribution in [3.05, 3.63) is 35.9 Å². The van der Waals surface area contributed by atoms with Crippen LogP contribution in [0.3, 0.4) is 0 Å². The van der Waals surface area contributed by atoms with Crippen molar-refractivity contribution in [3.8, 4) is 11.4 Å². The summed E-state index contributed by atoms with van der Waals surface area (Å²) in [6.45, 7) is 0. The highest BCUT2D eigenvalue weighted by Crippen LogP contribution is 2.40. The lowest BCUT2D eigenvalue weighted by Crippen LogP contribution is -2.16. The van der Waals surface area contributed by atoms with E-state index in [1.54, 1.807) is 24.3 Å². The molecule has 2 rings (SSSR count). The molecule has 0 atom stereocenters. The van der Waals surface area contributed by atoms with Crippen LogP contribution >= 0.6 is 81.6 Å². The molecule has 0 aliphatic heterocycles. The number of rotatable bonds is 4. The number of hydrogen-bond acceptors (Lipinski definition) is 6. The molecule has 0 saturated carbocycles. The molecule has 0 amide bonds. The van der Waals surface area contributed by atoms with Crippen molar-refractivity contribution in [2.24, 2.45) is 0 Å². The predicted octanol–water partition coefficient (Wildman–Crippen LogP) is 5.78. The minimum Gasteiger partial charge on any atom is -0.227 e. The van der Waals surface area contributed by atoms with Gasteiger partial charge in [-0.1, -0.05) is 69.6 Å². The van der Waals surface area contributed by atoms with Gasteiger partial charge in [-0.05, 0) is 24.3 Å². The SMILES string of the molecule is COOSc1ccc(-c2nc(C(Cl)(Cl)Cl)nc(C(Cl)(Cl)Cl)n2)cc1. The normalized spacial score (nSPS) is 12.5. The van der Waals surface area contributed by atoms with E-state index in [0.717, 1.165) is 16.9 Å². The zero-order valence-electron chi connectivity index (χ0n) is 11.6. The lowest BCUT2D eigenvalue weighted by atomic mass is 10.2. The van der Waals surface area contributed by atoms with Crippen molar-refractivity contribution >= 4 is 81.6 Å². The van der Waals surface area contributed by atoms with Crippen LogP contribution < -0.4 is 0 Å². The van der Waals surface area contributed by atoms with Gasteiger partial charge in [-0.2, -0.15) is 4.33 Å². The van der Waals surface area contributed by atoms with Crippen LogP contribution in [0.25, 0.3) is 11.4 Å². The average Bonchev–Trinajstić information content (AvgIpc) is 2.51. The van der Waals surface area contributed by atoms with Gasteiger partial charge in [0.1, 0.15) is 0 Å². The number of nitrogens with zero attached hydrogens (tertiary/aromatic N) is 3. The standard InChI is InChI=1S/C12H7Cl6N3O2S/c1-22-23-24-7-4-2-6(3-5-7)8-19-9(11(13,14)15)21-10(20-8)12(16,17)18/h2-5H,1H3. The van der Waals surface area contributed by atoms with Crippen LogP contribution in [-0.2, 0) is 16.8 Å². The molecule has 0 saturated heterocycles. The first-order valence-corrected chi connectivity index (χ1v) is 9.00. The largest absolute Gasteiger partial charge is 0.250 e. The minimum absolute atomic E-state index is 0.153. The van der Waals surface area contributed by atoms with Crippen LogP contribution in [0.4, 0.5) is 0 Å². The summed E-state index contributed by atoms with van der Waals surface area (Å²) in [5.41, 5.74) is 0.602. The van der Waals surface area contributed by atoms with Gasteiger partial charge in [-0.15, -0.1) is 0 Å². The second-order valence-electron chi connectivity index (χ2n) is 4.14. The predicted molar refractivity (Wildman–Crippen MR) is 97.7 cm³/mol. The Bertz CT molecular complexity index is 673. The van der Waals surface area contributed by atoms with Crippen molar-refractivity contribution in [1.29, 1.82) is 0 Å². The smallest absolute Gasteiger partial charge is 0.227 e. The zero-order chi connectivity index (χ0) is 18.0. The molecule has 0 unspecified atom stereocenters. The highest BCUT2D eigenvalue weighted by molar-refractivity contribution is 7.94. The van der Waals surface area contributed by atoms with Crippen LogP contribution in [0, 0.1) is 0 Å². The molecule has 12 heteroatoms. The van der Waals surface area contributed by atoms with Crippen LogP contribution in [0.1, 0.15) is 11.6 Å². The molecular formula is C12H7Cl6N3O2S. The Morgan fingerprint density at radius 3 is 1.75 bits per heavy atom. The van der Waals surface area contributed by atoms with Gasteiger partial charge in [0.05, 0.1) is 19.2 Å². The number of hydrogen-bond donors (Lipinski definition) is 0. The number of alkyl halides is 6. The van der Waals surface area contributed by atoms with E-state index < -0.39 is 7.59 Å². The lowest BCUT2D eigenvalue weighted by Gasteiger charge is -2.15. The average molecular weight is 470 g/mol. The first kappa shape index (κ1) is 20.6. The second kappa shape index (κ2) is 8.29. The molecule has 1 heterocycles. The third kappa shape index (κ3) is 5.62. The summed E-state index contributed by atoms with van der Waals surface area (Å²) in [7, 11) is 1.41. The number of halogens is 6. The van der Waals surface area contributed by atoms with Gasteiger partial charge in [-0.3, -0.25) is 0 Å². The maximum Gasteiger partial charge on any atom is 0.250 e. The maximum atomic E-state index is 5.84. The topological polar surface area (TPSA) is 57.1 Å². The van der Waals surface area contributed by atoms with Crippen molar-refractivity contribution < 1.29 is 9.22 Å². The molecule has 1 aromatic carbocycles. The van der Waals surface area contributed by atoms with Gasteiger partial charge in [0.2, 0.25) is 7.59 Å². The van der Waals surface area contributed by atoms with Gasteiger partial charge >= 0.3 is 0 Å². The summed E-state index contributed by atoms with van der Waals surface area (Å²) in [4.78, 5) is 17.5. The molecular weight excluding hydrogens is 463 g/mol. The van der Waals surface area contributed by atoms with Crippen LogP contribution in [-0.4, -0.2) is 22.1 Å². The summed E-state index contributed by atoms with van der Waals surface area (Å²) in [6.07, 6.45) is 0. The summed E-state index contributed by atoms with van der Waals surface area (Å²) in [5.74, 6) is -0.114. The summed E-state index contributed by atoms with van der Waals surface area (Å²) < 4.78 is 0.967.